The van der Waals surface area contributed by atoms with E-state index in [1.54, 1.807) is 0 Å². The molecule has 0 saturated carbocycles. The molecule has 0 bridgehead atoms. The molecule has 0 saturated heterocycles. The first-order valence-electron chi connectivity index (χ1n) is 9.02. The number of nitrogens with one attached hydrogen (secondary N) is 2. The van der Waals surface area contributed by atoms with Gasteiger partial charge in [0.25, 0.3) is 0 Å². The van der Waals surface area contributed by atoms with Crippen molar-refractivity contribution in [2.45, 2.75) is 32.9 Å². The topological polar surface area (TPSA) is 71.8 Å². The molecule has 0 aliphatic rings. The van der Waals surface area contributed by atoms with Crippen LogP contribution in [0.5, 0.6) is 0 Å². The lowest BCUT2D eigenvalue weighted by atomic mass is 10.2. The molecular weight excluding hydrogens is 397 g/mol. The van der Waals surface area contributed by atoms with Crippen LogP contribution in [-0.4, -0.2) is 20.7 Å². The predicted octanol–water partition coefficient (Wildman–Crippen LogP) is 5.25. The van der Waals surface area contributed by atoms with Gasteiger partial charge in [0, 0.05) is 29.6 Å². The molecule has 2 aromatic carbocycles. The van der Waals surface area contributed by atoms with Gasteiger partial charge in [-0.2, -0.15) is 9.67 Å². The van der Waals surface area contributed by atoms with Crippen LogP contribution >= 0.6 is 23.2 Å². The number of carbonyl (C=O) groups is 1. The Morgan fingerprint density at radius 3 is 2.00 bits per heavy atom. The number of anilines is 2. The number of halogens is 2. The zero-order chi connectivity index (χ0) is 19.9. The SMILES string of the molecule is CCCC(=O)n1nc(NCc2ccc(Cl)cc2)nc1NCc1ccc(Cl)cc1. The summed E-state index contributed by atoms with van der Waals surface area (Å²) in [5, 5.41) is 12.0. The fraction of sp³-hybridized carbons (Fsp3) is 0.250. The number of aromatic nitrogens is 3. The minimum atomic E-state index is -0.104. The van der Waals surface area contributed by atoms with Gasteiger partial charge in [-0.1, -0.05) is 54.4 Å². The molecule has 1 heterocycles. The molecule has 0 amide bonds. The molecule has 0 spiro atoms. The second kappa shape index (κ2) is 9.57. The molecule has 0 aliphatic carbocycles. The summed E-state index contributed by atoms with van der Waals surface area (Å²) in [5.41, 5.74) is 2.06. The number of hydrogen-bond donors (Lipinski definition) is 2. The number of carbonyl (C=O) groups excluding carboxylic acids is 1. The summed E-state index contributed by atoms with van der Waals surface area (Å²) in [6, 6.07) is 15.0. The van der Waals surface area contributed by atoms with Crippen LogP contribution in [0.15, 0.2) is 48.5 Å². The maximum absolute atomic E-state index is 12.4. The maximum Gasteiger partial charge on any atom is 0.250 e. The van der Waals surface area contributed by atoms with Gasteiger partial charge in [-0.25, -0.2) is 0 Å². The molecule has 6 nitrogen and oxygen atoms in total. The Balaban J connectivity index is 1.72. The normalized spacial score (nSPS) is 10.7. The maximum atomic E-state index is 12.4. The van der Waals surface area contributed by atoms with Crippen LogP contribution < -0.4 is 10.6 Å². The number of nitrogens with zero attached hydrogens (tertiary/aromatic N) is 3. The summed E-state index contributed by atoms with van der Waals surface area (Å²) in [6.45, 7) is 2.99. The van der Waals surface area contributed by atoms with Gasteiger partial charge in [0.15, 0.2) is 0 Å². The van der Waals surface area contributed by atoms with Crippen LogP contribution in [0, 0.1) is 0 Å². The van der Waals surface area contributed by atoms with Gasteiger partial charge >= 0.3 is 0 Å². The Morgan fingerprint density at radius 2 is 1.46 bits per heavy atom. The van der Waals surface area contributed by atoms with E-state index >= 15 is 0 Å². The standard InChI is InChI=1S/C20H21Cl2N5O/c1-2-3-18(28)27-20(24-13-15-6-10-17(22)11-7-15)25-19(26-27)23-12-14-4-8-16(21)9-5-14/h4-11H,2-3,12-13H2,1H3,(H2,23,24,25,26). The molecule has 3 aromatic rings. The molecular formula is C20H21Cl2N5O. The van der Waals surface area contributed by atoms with Gasteiger partial charge in [-0.15, -0.1) is 5.10 Å². The van der Waals surface area contributed by atoms with E-state index in [4.69, 9.17) is 23.2 Å². The third-order valence-electron chi connectivity index (χ3n) is 4.04. The summed E-state index contributed by atoms with van der Waals surface area (Å²) < 4.78 is 1.32. The lowest BCUT2D eigenvalue weighted by Crippen LogP contribution is -2.16. The van der Waals surface area contributed by atoms with Crippen molar-refractivity contribution in [3.63, 3.8) is 0 Å². The fourth-order valence-corrected chi connectivity index (χ4v) is 2.81. The number of hydrogen-bond acceptors (Lipinski definition) is 5. The van der Waals surface area contributed by atoms with E-state index in [0.29, 0.717) is 41.5 Å². The van der Waals surface area contributed by atoms with Crippen LogP contribution in [0.1, 0.15) is 35.7 Å². The molecule has 0 atom stereocenters. The van der Waals surface area contributed by atoms with Gasteiger partial charge in [0.2, 0.25) is 17.8 Å². The molecule has 3 rings (SSSR count). The van der Waals surface area contributed by atoms with E-state index in [-0.39, 0.29) is 5.91 Å². The Kier molecular flexibility index (Phi) is 6.90. The first-order chi connectivity index (χ1) is 13.5. The van der Waals surface area contributed by atoms with Crippen molar-refractivity contribution in [2.75, 3.05) is 10.6 Å². The van der Waals surface area contributed by atoms with Crippen molar-refractivity contribution >= 4 is 41.0 Å². The second-order valence-corrected chi connectivity index (χ2v) is 7.15. The molecule has 28 heavy (non-hydrogen) atoms. The van der Waals surface area contributed by atoms with Crippen molar-refractivity contribution < 1.29 is 4.79 Å². The van der Waals surface area contributed by atoms with E-state index < -0.39 is 0 Å². The fourth-order valence-electron chi connectivity index (χ4n) is 2.56. The van der Waals surface area contributed by atoms with Crippen molar-refractivity contribution in [1.82, 2.24) is 14.8 Å². The first-order valence-corrected chi connectivity index (χ1v) is 9.77. The van der Waals surface area contributed by atoms with Gasteiger partial charge in [0.1, 0.15) is 0 Å². The Bertz CT molecular complexity index is 923. The molecule has 8 heteroatoms. The number of rotatable bonds is 8. The van der Waals surface area contributed by atoms with Gasteiger partial charge < -0.3 is 10.6 Å². The molecule has 1 aromatic heterocycles. The lowest BCUT2D eigenvalue weighted by Gasteiger charge is -2.06. The zero-order valence-electron chi connectivity index (χ0n) is 15.5. The minimum absolute atomic E-state index is 0.104. The summed E-state index contributed by atoms with van der Waals surface area (Å²) in [6.07, 6.45) is 1.14. The van der Waals surface area contributed by atoms with Crippen molar-refractivity contribution in [3.8, 4) is 0 Å². The molecule has 0 aliphatic heterocycles. The third kappa shape index (κ3) is 5.47. The van der Waals surface area contributed by atoms with Gasteiger partial charge in [-0.3, -0.25) is 4.79 Å². The Hall–Kier alpha value is -2.57. The highest BCUT2D eigenvalue weighted by molar-refractivity contribution is 6.30. The first kappa shape index (κ1) is 20.2. The molecule has 146 valence electrons. The highest BCUT2D eigenvalue weighted by Crippen LogP contribution is 2.15. The molecule has 2 N–H and O–H groups in total. The van der Waals surface area contributed by atoms with Crippen LogP contribution in [0.4, 0.5) is 11.9 Å². The molecule has 0 unspecified atom stereocenters. The Labute approximate surface area is 173 Å². The number of benzene rings is 2. The van der Waals surface area contributed by atoms with Crippen molar-refractivity contribution in [3.05, 3.63) is 69.7 Å². The van der Waals surface area contributed by atoms with Gasteiger partial charge in [-0.05, 0) is 41.8 Å². The highest BCUT2D eigenvalue weighted by atomic mass is 35.5. The summed E-state index contributed by atoms with van der Waals surface area (Å²) in [5.74, 6) is 0.693. The van der Waals surface area contributed by atoms with Crippen LogP contribution in [0.25, 0.3) is 0 Å². The second-order valence-electron chi connectivity index (χ2n) is 6.27. The largest absolute Gasteiger partial charge is 0.350 e. The quantitative estimate of drug-likeness (QED) is 0.523. The van der Waals surface area contributed by atoms with Crippen LogP contribution in [-0.2, 0) is 13.1 Å². The van der Waals surface area contributed by atoms with Crippen molar-refractivity contribution in [1.29, 1.82) is 0 Å². The van der Waals surface area contributed by atoms with Gasteiger partial charge in [0.05, 0.1) is 0 Å². The molecule has 0 fully saturated rings. The van der Waals surface area contributed by atoms with E-state index in [0.717, 1.165) is 17.5 Å². The highest BCUT2D eigenvalue weighted by Gasteiger charge is 2.15. The van der Waals surface area contributed by atoms with Crippen molar-refractivity contribution in [2.24, 2.45) is 0 Å². The molecule has 0 radical (unpaired) electrons. The van der Waals surface area contributed by atoms with E-state index in [1.807, 2.05) is 55.5 Å². The Morgan fingerprint density at radius 1 is 0.929 bits per heavy atom. The average molecular weight is 418 g/mol. The third-order valence-corrected chi connectivity index (χ3v) is 4.54. The zero-order valence-corrected chi connectivity index (χ0v) is 17.0. The van der Waals surface area contributed by atoms with Crippen LogP contribution in [0.3, 0.4) is 0 Å². The van der Waals surface area contributed by atoms with E-state index in [2.05, 4.69) is 20.7 Å². The summed E-state index contributed by atoms with van der Waals surface area (Å²) >= 11 is 11.8. The smallest absolute Gasteiger partial charge is 0.250 e. The summed E-state index contributed by atoms with van der Waals surface area (Å²) in [7, 11) is 0. The summed E-state index contributed by atoms with van der Waals surface area (Å²) in [4.78, 5) is 16.8. The monoisotopic (exact) mass is 417 g/mol. The lowest BCUT2D eigenvalue weighted by molar-refractivity contribution is 0.0888. The van der Waals surface area contributed by atoms with E-state index in [1.165, 1.54) is 4.68 Å². The van der Waals surface area contributed by atoms with Crippen LogP contribution in [0.2, 0.25) is 10.0 Å². The average Bonchev–Trinajstić information content (AvgIpc) is 3.11. The predicted molar refractivity (Wildman–Crippen MR) is 113 cm³/mol. The minimum Gasteiger partial charge on any atom is -0.350 e. The van der Waals surface area contributed by atoms with E-state index in [9.17, 15) is 4.79 Å².